The Kier molecular flexibility index (Phi) is 6.43. The number of hydrogen-bond donors (Lipinski definition) is 1. The molecular weight excluding hydrogens is 348 g/mol. The molecule has 26 heavy (non-hydrogen) atoms. The van der Waals surface area contributed by atoms with Crippen LogP contribution in [0.3, 0.4) is 0 Å². The Morgan fingerprint density at radius 2 is 1.85 bits per heavy atom. The molecule has 6 heteroatoms. The zero-order chi connectivity index (χ0) is 18.4. The molecule has 1 aliphatic rings. The van der Waals surface area contributed by atoms with Gasteiger partial charge in [-0.25, -0.2) is 13.1 Å². The molecule has 140 valence electrons. The first-order valence-corrected chi connectivity index (χ1v) is 10.5. The Labute approximate surface area is 156 Å². The van der Waals surface area contributed by atoms with E-state index < -0.39 is 10.0 Å². The number of ether oxygens (including phenoxy) is 1. The molecular formula is C20H26N2O3S. The third kappa shape index (κ3) is 5.14. The van der Waals surface area contributed by atoms with Gasteiger partial charge in [-0.05, 0) is 37.6 Å². The Hall–Kier alpha value is -1.73. The van der Waals surface area contributed by atoms with Crippen LogP contribution in [0.1, 0.15) is 23.7 Å². The van der Waals surface area contributed by atoms with Gasteiger partial charge in [0.25, 0.3) is 0 Å². The van der Waals surface area contributed by atoms with Crippen molar-refractivity contribution in [3.8, 4) is 0 Å². The summed E-state index contributed by atoms with van der Waals surface area (Å²) in [4.78, 5) is 2.65. The summed E-state index contributed by atoms with van der Waals surface area (Å²) in [5.74, 6) is 0. The monoisotopic (exact) mass is 374 g/mol. The zero-order valence-corrected chi connectivity index (χ0v) is 15.9. The number of benzene rings is 2. The van der Waals surface area contributed by atoms with Gasteiger partial charge in [0.05, 0.1) is 17.6 Å². The van der Waals surface area contributed by atoms with Crippen LogP contribution in [0.25, 0.3) is 0 Å². The predicted octanol–water partition coefficient (Wildman–Crippen LogP) is 2.74. The standard InChI is InChI=1S/C20H26N2O3S/c1-17-8-10-19(11-9-17)26(23,24)21-12-5-13-22-14-15-25-20(16-22)18-6-3-2-4-7-18/h2-4,6-11,20-21H,5,12-16H2,1H3/t20-/m0/s1. The van der Waals surface area contributed by atoms with Gasteiger partial charge in [-0.15, -0.1) is 0 Å². The lowest BCUT2D eigenvalue weighted by Crippen LogP contribution is -2.39. The van der Waals surface area contributed by atoms with E-state index in [-0.39, 0.29) is 6.10 Å². The minimum atomic E-state index is -3.43. The van der Waals surface area contributed by atoms with Crippen LogP contribution < -0.4 is 4.72 Å². The minimum Gasteiger partial charge on any atom is -0.371 e. The van der Waals surface area contributed by atoms with E-state index in [1.807, 2.05) is 37.3 Å². The van der Waals surface area contributed by atoms with Gasteiger partial charge in [0, 0.05) is 19.6 Å². The van der Waals surface area contributed by atoms with Crippen LogP contribution >= 0.6 is 0 Å². The van der Waals surface area contributed by atoms with E-state index >= 15 is 0 Å². The average molecular weight is 375 g/mol. The topological polar surface area (TPSA) is 58.6 Å². The molecule has 0 unspecified atom stereocenters. The van der Waals surface area contributed by atoms with Crippen molar-refractivity contribution in [2.24, 2.45) is 0 Å². The average Bonchev–Trinajstić information content (AvgIpc) is 2.67. The highest BCUT2D eigenvalue weighted by atomic mass is 32.2. The van der Waals surface area contributed by atoms with Crippen LogP contribution in [0.2, 0.25) is 0 Å². The molecule has 2 aromatic carbocycles. The van der Waals surface area contributed by atoms with Gasteiger partial charge in [-0.2, -0.15) is 0 Å². The number of nitrogens with one attached hydrogen (secondary N) is 1. The maximum atomic E-state index is 12.3. The molecule has 0 amide bonds. The lowest BCUT2D eigenvalue weighted by atomic mass is 10.1. The summed E-state index contributed by atoms with van der Waals surface area (Å²) in [6.07, 6.45) is 0.862. The van der Waals surface area contributed by atoms with Gasteiger partial charge in [-0.1, -0.05) is 48.0 Å². The Morgan fingerprint density at radius 1 is 1.12 bits per heavy atom. The molecule has 1 heterocycles. The molecule has 1 fully saturated rings. The van der Waals surface area contributed by atoms with E-state index in [4.69, 9.17) is 4.74 Å². The molecule has 2 aromatic rings. The van der Waals surface area contributed by atoms with Crippen molar-refractivity contribution in [2.75, 3.05) is 32.8 Å². The van der Waals surface area contributed by atoms with Crippen molar-refractivity contribution < 1.29 is 13.2 Å². The maximum Gasteiger partial charge on any atom is 0.240 e. The predicted molar refractivity (Wildman–Crippen MR) is 103 cm³/mol. The summed E-state index contributed by atoms with van der Waals surface area (Å²) in [5, 5.41) is 0. The first kappa shape index (κ1) is 19.0. The molecule has 0 spiro atoms. The second kappa shape index (κ2) is 8.77. The SMILES string of the molecule is Cc1ccc(S(=O)(=O)NCCCN2CCO[C@H](c3ccccc3)C2)cc1. The molecule has 0 saturated carbocycles. The normalized spacial score (nSPS) is 18.7. The second-order valence-corrected chi connectivity index (χ2v) is 8.40. The van der Waals surface area contributed by atoms with Crippen molar-refractivity contribution in [1.82, 2.24) is 9.62 Å². The van der Waals surface area contributed by atoms with Crippen LogP contribution in [-0.2, 0) is 14.8 Å². The fourth-order valence-corrected chi connectivity index (χ4v) is 4.16. The van der Waals surface area contributed by atoms with E-state index in [1.54, 1.807) is 12.1 Å². The first-order chi connectivity index (χ1) is 12.5. The molecule has 3 rings (SSSR count). The number of rotatable bonds is 7. The molecule has 0 aromatic heterocycles. The van der Waals surface area contributed by atoms with Crippen molar-refractivity contribution in [3.63, 3.8) is 0 Å². The Morgan fingerprint density at radius 3 is 2.58 bits per heavy atom. The Bertz CT molecular complexity index is 792. The molecule has 1 saturated heterocycles. The van der Waals surface area contributed by atoms with E-state index in [2.05, 4.69) is 21.8 Å². The quantitative estimate of drug-likeness (QED) is 0.757. The summed E-state index contributed by atoms with van der Waals surface area (Å²) in [7, 11) is -3.43. The zero-order valence-electron chi connectivity index (χ0n) is 15.1. The van der Waals surface area contributed by atoms with Crippen molar-refractivity contribution in [3.05, 3.63) is 65.7 Å². The van der Waals surface area contributed by atoms with Gasteiger partial charge in [0.2, 0.25) is 10.0 Å². The maximum absolute atomic E-state index is 12.3. The van der Waals surface area contributed by atoms with E-state index in [0.717, 1.165) is 31.6 Å². The largest absolute Gasteiger partial charge is 0.371 e. The van der Waals surface area contributed by atoms with Crippen molar-refractivity contribution >= 4 is 10.0 Å². The minimum absolute atomic E-state index is 0.0919. The summed E-state index contributed by atoms with van der Waals surface area (Å²) in [6, 6.07) is 17.1. The van der Waals surface area contributed by atoms with E-state index in [9.17, 15) is 8.42 Å². The smallest absolute Gasteiger partial charge is 0.240 e. The second-order valence-electron chi connectivity index (χ2n) is 6.64. The molecule has 0 aliphatic carbocycles. The van der Waals surface area contributed by atoms with Gasteiger partial charge in [0.1, 0.15) is 0 Å². The lowest BCUT2D eigenvalue weighted by molar-refractivity contribution is -0.0300. The van der Waals surface area contributed by atoms with Crippen molar-refractivity contribution in [2.45, 2.75) is 24.3 Å². The van der Waals surface area contributed by atoms with E-state index in [1.165, 1.54) is 5.56 Å². The van der Waals surface area contributed by atoms with Crippen LogP contribution in [0.5, 0.6) is 0 Å². The number of nitrogens with zero attached hydrogens (tertiary/aromatic N) is 1. The highest BCUT2D eigenvalue weighted by molar-refractivity contribution is 7.89. The number of hydrogen-bond acceptors (Lipinski definition) is 4. The summed E-state index contributed by atoms with van der Waals surface area (Å²) < 4.78 is 33.1. The fraction of sp³-hybridized carbons (Fsp3) is 0.400. The highest BCUT2D eigenvalue weighted by Gasteiger charge is 2.21. The third-order valence-electron chi connectivity index (χ3n) is 4.60. The van der Waals surface area contributed by atoms with Crippen LogP contribution in [-0.4, -0.2) is 46.1 Å². The summed E-state index contributed by atoms with van der Waals surface area (Å²) >= 11 is 0. The van der Waals surface area contributed by atoms with Crippen LogP contribution in [0.4, 0.5) is 0 Å². The van der Waals surface area contributed by atoms with Gasteiger partial charge in [-0.3, -0.25) is 4.90 Å². The number of aryl methyl sites for hydroxylation is 1. The summed E-state index contributed by atoms with van der Waals surface area (Å²) in [5.41, 5.74) is 2.24. The lowest BCUT2D eigenvalue weighted by Gasteiger charge is -2.33. The van der Waals surface area contributed by atoms with Crippen molar-refractivity contribution in [1.29, 1.82) is 0 Å². The highest BCUT2D eigenvalue weighted by Crippen LogP contribution is 2.21. The van der Waals surface area contributed by atoms with Gasteiger partial charge in [0.15, 0.2) is 0 Å². The van der Waals surface area contributed by atoms with Crippen LogP contribution in [0, 0.1) is 6.92 Å². The molecule has 5 nitrogen and oxygen atoms in total. The molecule has 1 N–H and O–H groups in total. The number of sulfonamides is 1. The van der Waals surface area contributed by atoms with E-state index in [0.29, 0.717) is 18.0 Å². The molecule has 1 atom stereocenters. The molecule has 0 radical (unpaired) electrons. The van der Waals surface area contributed by atoms with Gasteiger partial charge >= 0.3 is 0 Å². The van der Waals surface area contributed by atoms with Crippen LogP contribution in [0.15, 0.2) is 59.5 Å². The Balaban J connectivity index is 1.45. The first-order valence-electron chi connectivity index (χ1n) is 9.00. The summed E-state index contributed by atoms with van der Waals surface area (Å²) in [6.45, 7) is 5.65. The fourth-order valence-electron chi connectivity index (χ4n) is 3.08. The number of morpholine rings is 1. The molecule has 1 aliphatic heterocycles. The molecule has 0 bridgehead atoms. The van der Waals surface area contributed by atoms with Gasteiger partial charge < -0.3 is 4.74 Å². The third-order valence-corrected chi connectivity index (χ3v) is 6.07.